The highest BCUT2D eigenvalue weighted by Crippen LogP contribution is 2.27. The first-order chi connectivity index (χ1) is 20.2. The third kappa shape index (κ3) is 15.7. The van der Waals surface area contributed by atoms with Gasteiger partial charge in [0, 0.05) is 24.2 Å². The van der Waals surface area contributed by atoms with Crippen LogP contribution in [0.5, 0.6) is 0 Å². The van der Waals surface area contributed by atoms with E-state index in [-0.39, 0.29) is 13.2 Å². The quantitative estimate of drug-likeness (QED) is 0.0953. The van der Waals surface area contributed by atoms with Crippen LogP contribution in [0.25, 0.3) is 0 Å². The molecule has 0 unspecified atom stereocenters. The Morgan fingerprint density at radius 2 is 1.24 bits per heavy atom. The summed E-state index contributed by atoms with van der Waals surface area (Å²) in [7, 11) is 0. The maximum absolute atomic E-state index is 8.71. The Labute approximate surface area is 247 Å². The highest BCUT2D eigenvalue weighted by molar-refractivity contribution is 7.12. The number of aryl methyl sites for hydroxylation is 2. The van der Waals surface area contributed by atoms with E-state index in [1.807, 2.05) is 24.6 Å². The van der Waals surface area contributed by atoms with Crippen LogP contribution in [0.15, 0.2) is 40.0 Å². The second kappa shape index (κ2) is 23.5. The topological polar surface area (TPSA) is 128 Å². The van der Waals surface area contributed by atoms with Crippen molar-refractivity contribution in [1.29, 1.82) is 0 Å². The van der Waals surface area contributed by atoms with Crippen molar-refractivity contribution >= 4 is 27.8 Å². The molecule has 2 aromatic rings. The van der Waals surface area contributed by atoms with E-state index in [0.717, 1.165) is 28.6 Å². The minimum Gasteiger partial charge on any atom is -0.394 e. The Morgan fingerprint density at radius 1 is 0.732 bits per heavy atom. The third-order valence-electron chi connectivity index (χ3n) is 5.76. The molecule has 0 saturated heterocycles. The van der Waals surface area contributed by atoms with Gasteiger partial charge in [0.15, 0.2) is 0 Å². The molecular weight excluding hydrogens is 552 g/mol. The zero-order valence-corrected chi connectivity index (χ0v) is 25.3. The normalized spacial score (nSPS) is 11.6. The van der Waals surface area contributed by atoms with Crippen LogP contribution in [0.3, 0.4) is 0 Å². The van der Waals surface area contributed by atoms with Crippen LogP contribution in [0.4, 0.5) is 16.5 Å². The van der Waals surface area contributed by atoms with Crippen LogP contribution in [-0.4, -0.2) is 116 Å². The van der Waals surface area contributed by atoms with E-state index in [9.17, 15) is 0 Å². The summed E-state index contributed by atoms with van der Waals surface area (Å²) in [6.07, 6.45) is 2.01. The summed E-state index contributed by atoms with van der Waals surface area (Å²) in [4.78, 5) is 2.23. The zero-order valence-electron chi connectivity index (χ0n) is 24.4. The maximum Gasteiger partial charge on any atom is 0.408 e. The SMILES string of the molecule is CC[n+]1ccsc1/N=N/c1ccc(N(CCOCCOCCOCCO)CCOCCOCCOCCO)cc1C. The third-order valence-corrected chi connectivity index (χ3v) is 6.54. The Hall–Kier alpha value is -2.07. The number of thiazole rings is 1. The van der Waals surface area contributed by atoms with Crippen molar-refractivity contribution in [3.8, 4) is 0 Å². The number of azo groups is 1. The van der Waals surface area contributed by atoms with Gasteiger partial charge in [-0.3, -0.25) is 0 Å². The van der Waals surface area contributed by atoms with Gasteiger partial charge < -0.3 is 43.5 Å². The van der Waals surface area contributed by atoms with Crippen LogP contribution in [0.1, 0.15) is 12.5 Å². The number of ether oxygens (including phenoxy) is 6. The first-order valence-corrected chi connectivity index (χ1v) is 15.0. The lowest BCUT2D eigenvalue weighted by Gasteiger charge is -2.25. The van der Waals surface area contributed by atoms with Gasteiger partial charge in [0.25, 0.3) is 0 Å². The average Bonchev–Trinajstić information content (AvgIpc) is 3.45. The van der Waals surface area contributed by atoms with Crippen molar-refractivity contribution in [3.63, 3.8) is 0 Å². The molecule has 41 heavy (non-hydrogen) atoms. The van der Waals surface area contributed by atoms with Crippen LogP contribution in [0, 0.1) is 6.92 Å². The number of nitrogens with zero attached hydrogens (tertiary/aromatic N) is 4. The summed E-state index contributed by atoms with van der Waals surface area (Å²) in [6, 6.07) is 6.16. The van der Waals surface area contributed by atoms with Crippen molar-refractivity contribution < 1.29 is 43.2 Å². The molecule has 0 bridgehead atoms. The van der Waals surface area contributed by atoms with E-state index < -0.39 is 0 Å². The van der Waals surface area contributed by atoms with Gasteiger partial charge in [-0.1, -0.05) is 0 Å². The molecule has 0 spiro atoms. The van der Waals surface area contributed by atoms with Crippen LogP contribution >= 0.6 is 11.3 Å². The molecule has 0 saturated carbocycles. The van der Waals surface area contributed by atoms with Gasteiger partial charge in [0.1, 0.15) is 11.9 Å². The average molecular weight is 600 g/mol. The van der Waals surface area contributed by atoms with Gasteiger partial charge >= 0.3 is 5.13 Å². The molecule has 1 aromatic carbocycles. The molecule has 0 fully saturated rings. The fourth-order valence-corrected chi connectivity index (χ4v) is 4.34. The number of hydrogen-bond acceptors (Lipinski definition) is 12. The summed E-state index contributed by atoms with van der Waals surface area (Å²) in [6.45, 7) is 11.9. The van der Waals surface area contributed by atoms with Crippen LogP contribution in [-0.2, 0) is 35.0 Å². The minimum absolute atomic E-state index is 0.0143. The molecular formula is C28H47N4O8S+. The van der Waals surface area contributed by atoms with Crippen LogP contribution in [0.2, 0.25) is 0 Å². The largest absolute Gasteiger partial charge is 0.408 e. The summed E-state index contributed by atoms with van der Waals surface area (Å²) >= 11 is 1.57. The van der Waals surface area contributed by atoms with E-state index in [2.05, 4.69) is 38.8 Å². The standard InChI is InChI=1S/C28H47N4O8S/c1-3-31-8-23-41-28(31)30-29-27-5-4-26(24-25(27)2)32(6-11-35-15-19-39-21-17-37-13-9-33)7-12-36-16-20-40-22-18-38-14-10-34/h4-5,8,23-24,33-34H,3,6-7,9-22H2,1-2H3/q+1. The molecule has 1 heterocycles. The second-order valence-corrected chi connectivity index (χ2v) is 9.62. The van der Waals surface area contributed by atoms with Gasteiger partial charge in [-0.2, -0.15) is 0 Å². The highest BCUT2D eigenvalue weighted by Gasteiger charge is 2.12. The first kappa shape index (κ1) is 35.1. The second-order valence-electron chi connectivity index (χ2n) is 8.75. The minimum atomic E-state index is 0.0143. The number of aromatic nitrogens is 1. The summed E-state index contributed by atoms with van der Waals surface area (Å²) in [5.74, 6) is 0. The van der Waals surface area contributed by atoms with E-state index in [0.29, 0.717) is 92.4 Å². The molecule has 0 radical (unpaired) electrons. The Bertz CT molecular complexity index is 926. The lowest BCUT2D eigenvalue weighted by atomic mass is 10.1. The number of aliphatic hydroxyl groups excluding tert-OH is 2. The van der Waals surface area contributed by atoms with Gasteiger partial charge in [-0.15, -0.1) is 0 Å². The van der Waals surface area contributed by atoms with Crippen molar-refractivity contribution in [2.75, 3.05) is 110 Å². The first-order valence-electron chi connectivity index (χ1n) is 14.1. The summed E-state index contributed by atoms with van der Waals surface area (Å²) in [5.41, 5.74) is 2.92. The predicted octanol–water partition coefficient (Wildman–Crippen LogP) is 2.67. The molecule has 0 atom stereocenters. The number of rotatable bonds is 26. The van der Waals surface area contributed by atoms with Gasteiger partial charge in [0.05, 0.1) is 104 Å². The maximum atomic E-state index is 8.71. The summed E-state index contributed by atoms with van der Waals surface area (Å²) in [5, 5.41) is 29.2. The van der Waals surface area contributed by atoms with E-state index in [4.69, 9.17) is 38.6 Å². The van der Waals surface area contributed by atoms with Crippen molar-refractivity contribution in [1.82, 2.24) is 0 Å². The molecule has 232 valence electrons. The Morgan fingerprint density at radius 3 is 1.73 bits per heavy atom. The molecule has 1 aromatic heterocycles. The Balaban J connectivity index is 1.83. The Kier molecular flexibility index (Phi) is 20.1. The highest BCUT2D eigenvalue weighted by atomic mass is 32.1. The molecule has 12 nitrogen and oxygen atoms in total. The zero-order chi connectivity index (χ0) is 29.4. The lowest BCUT2D eigenvalue weighted by molar-refractivity contribution is -0.676. The fourth-order valence-electron chi connectivity index (χ4n) is 3.60. The molecule has 2 rings (SSSR count). The molecule has 0 aliphatic rings. The lowest BCUT2D eigenvalue weighted by Crippen LogP contribution is -2.31. The molecule has 2 N–H and O–H groups in total. The number of hydrogen-bond donors (Lipinski definition) is 2. The molecule has 0 aliphatic heterocycles. The number of anilines is 1. The number of aliphatic hydroxyl groups is 2. The van der Waals surface area contributed by atoms with E-state index in [1.54, 1.807) is 11.3 Å². The summed E-state index contributed by atoms with van der Waals surface area (Å²) < 4.78 is 35.0. The van der Waals surface area contributed by atoms with Gasteiger partial charge in [-0.05, 0) is 54.1 Å². The smallest absolute Gasteiger partial charge is 0.394 e. The van der Waals surface area contributed by atoms with Gasteiger partial charge in [-0.25, -0.2) is 4.57 Å². The molecule has 0 amide bonds. The van der Waals surface area contributed by atoms with E-state index in [1.165, 1.54) is 0 Å². The van der Waals surface area contributed by atoms with Crippen molar-refractivity contribution in [2.45, 2.75) is 20.4 Å². The van der Waals surface area contributed by atoms with Crippen LogP contribution < -0.4 is 9.47 Å². The molecule has 0 aliphatic carbocycles. The van der Waals surface area contributed by atoms with Gasteiger partial charge in [0.2, 0.25) is 0 Å². The molecule has 13 heteroatoms. The predicted molar refractivity (Wildman–Crippen MR) is 157 cm³/mol. The fraction of sp³-hybridized carbons (Fsp3) is 0.679. The van der Waals surface area contributed by atoms with Crippen molar-refractivity contribution in [2.24, 2.45) is 10.2 Å². The number of benzene rings is 1. The van der Waals surface area contributed by atoms with E-state index >= 15 is 0 Å². The van der Waals surface area contributed by atoms with Crippen molar-refractivity contribution in [3.05, 3.63) is 35.3 Å². The monoisotopic (exact) mass is 599 g/mol.